The van der Waals surface area contributed by atoms with Gasteiger partial charge in [0, 0.05) is 33.2 Å². The summed E-state index contributed by atoms with van der Waals surface area (Å²) in [5, 5.41) is 21.4. The van der Waals surface area contributed by atoms with Crippen molar-refractivity contribution in [2.75, 3.05) is 0 Å². The average molecular weight is 942 g/mol. The number of hydrogen-bond acceptors (Lipinski definition) is 4. The summed E-state index contributed by atoms with van der Waals surface area (Å²) in [5.41, 5.74) is 7.07. The van der Waals surface area contributed by atoms with Crippen molar-refractivity contribution >= 4 is 56.9 Å². The lowest BCUT2D eigenvalue weighted by Gasteiger charge is -2.10. The molecule has 5 rings (SSSR count). The number of rotatable bonds is 30. The Morgan fingerprint density at radius 3 is 1.05 bits per heavy atom. The molecule has 5 aromatic rings. The zero-order chi connectivity index (χ0) is 47.8. The molecule has 0 bridgehead atoms. The van der Waals surface area contributed by atoms with E-state index in [-0.39, 0.29) is 11.1 Å². The van der Waals surface area contributed by atoms with E-state index in [9.17, 15) is 9.59 Å². The number of aryl methyl sites for hydroxylation is 4. The van der Waals surface area contributed by atoms with Gasteiger partial charge >= 0.3 is 11.9 Å². The molecule has 3 aromatic carbocycles. The Morgan fingerprint density at radius 1 is 0.424 bits per heavy atom. The highest BCUT2D eigenvalue weighted by Crippen LogP contribution is 2.29. The lowest BCUT2D eigenvalue weighted by atomic mass is 10.00. The summed E-state index contributed by atoms with van der Waals surface area (Å²) in [4.78, 5) is 30.6. The molecular weight excluding hydrogens is 860 g/mol. The van der Waals surface area contributed by atoms with Crippen LogP contribution in [0.1, 0.15) is 225 Å². The Morgan fingerprint density at radius 2 is 0.727 bits per heavy atom. The lowest BCUT2D eigenvalue weighted by molar-refractivity contribution is 0.0651. The molecule has 0 radical (unpaired) electrons. The maximum Gasteiger partial charge on any atom is 0.336 e. The number of nitrogens with zero attached hydrogens (tertiary/aromatic N) is 2. The Hall–Kier alpha value is -4.00. The summed E-state index contributed by atoms with van der Waals surface area (Å²) in [6, 6.07) is 18.5. The molecule has 0 saturated carbocycles. The van der Waals surface area contributed by atoms with Gasteiger partial charge in [-0.25, -0.2) is 9.59 Å². The maximum atomic E-state index is 10.5. The minimum Gasteiger partial charge on any atom is -0.478 e. The number of fused-ring (bicyclic) bond motifs is 2. The highest BCUT2D eigenvalue weighted by Gasteiger charge is 2.14. The van der Waals surface area contributed by atoms with Crippen LogP contribution in [0.5, 0.6) is 0 Å². The van der Waals surface area contributed by atoms with Crippen LogP contribution < -0.4 is 0 Å². The average Bonchev–Trinajstić information content (AvgIpc) is 3.32. The molecule has 6 nitrogen and oxygen atoms in total. The molecule has 0 amide bonds. The number of carboxylic acids is 2. The molecule has 0 spiro atoms. The van der Waals surface area contributed by atoms with E-state index >= 15 is 0 Å². The second-order valence-corrected chi connectivity index (χ2v) is 18.9. The van der Waals surface area contributed by atoms with Crippen LogP contribution in [0.15, 0.2) is 73.1 Å². The monoisotopic (exact) mass is 941 g/mol. The zero-order valence-corrected chi connectivity index (χ0v) is 42.6. The normalized spacial score (nSPS) is 11.0. The van der Waals surface area contributed by atoms with E-state index in [1.165, 1.54) is 211 Å². The Bertz CT molecular complexity index is 1990. The molecule has 0 unspecified atom stereocenters. The van der Waals surface area contributed by atoms with Crippen molar-refractivity contribution in [3.05, 3.63) is 116 Å². The van der Waals surface area contributed by atoms with Crippen LogP contribution in [0.3, 0.4) is 0 Å². The maximum absolute atomic E-state index is 10.5. The molecule has 0 saturated heterocycles. The fraction of sp³-hybridized carbons (Fsp3) is 0.552. The van der Waals surface area contributed by atoms with Gasteiger partial charge in [0.2, 0.25) is 0 Å². The molecular formula is C58H82Cl2N2O4. The van der Waals surface area contributed by atoms with Crippen molar-refractivity contribution in [3.8, 4) is 0 Å². The number of carboxylic acid groups (broad SMARTS) is 2. The van der Waals surface area contributed by atoms with Crippen LogP contribution in [0.25, 0.3) is 21.8 Å². The lowest BCUT2D eigenvalue weighted by Crippen LogP contribution is -2.06. The van der Waals surface area contributed by atoms with Gasteiger partial charge in [0.25, 0.3) is 0 Å². The van der Waals surface area contributed by atoms with Gasteiger partial charge in [-0.2, -0.15) is 0 Å². The molecule has 0 aliphatic heterocycles. The quantitative estimate of drug-likeness (QED) is 0.0445. The van der Waals surface area contributed by atoms with Crippen molar-refractivity contribution in [1.29, 1.82) is 0 Å². The summed E-state index contributed by atoms with van der Waals surface area (Å²) >= 11 is 13.0. The third-order valence-electron chi connectivity index (χ3n) is 12.5. The molecule has 0 aliphatic rings. The standard InChI is InChI=1S/2C25H38ClN.C8H6O4/c2*1-3-5-7-9-11-13-15-21-19-22-17-18-24(26)23(25(22)27-20-21)16-14-12-10-8-6-4-2;9-7(10)5-3-1-2-4-6(5)8(11)12/h2*17-20H,3-16H2,1-2H3;1-4H,(H,9,10)(H,11,12). The number of unbranched alkanes of at least 4 members (excludes halogenated alkanes) is 20. The summed E-state index contributed by atoms with van der Waals surface area (Å²) < 4.78 is 0. The number of hydrogen-bond donors (Lipinski definition) is 2. The first kappa shape index (κ1) is 56.3. The van der Waals surface area contributed by atoms with Gasteiger partial charge in [-0.05, 0) is 110 Å². The highest BCUT2D eigenvalue weighted by atomic mass is 35.5. The van der Waals surface area contributed by atoms with Gasteiger partial charge in [0.15, 0.2) is 0 Å². The van der Waals surface area contributed by atoms with E-state index in [0.717, 1.165) is 46.8 Å². The summed E-state index contributed by atoms with van der Waals surface area (Å²) in [6.45, 7) is 9.08. The zero-order valence-electron chi connectivity index (χ0n) is 41.1. The van der Waals surface area contributed by atoms with Crippen molar-refractivity contribution in [1.82, 2.24) is 9.97 Å². The predicted octanol–water partition coefficient (Wildman–Crippen LogP) is 18.5. The van der Waals surface area contributed by atoms with E-state index < -0.39 is 11.9 Å². The topological polar surface area (TPSA) is 100 Å². The van der Waals surface area contributed by atoms with Gasteiger partial charge in [-0.3, -0.25) is 9.97 Å². The van der Waals surface area contributed by atoms with E-state index in [2.05, 4.69) is 76.5 Å². The third kappa shape index (κ3) is 21.3. The van der Waals surface area contributed by atoms with Crippen LogP contribution in [-0.4, -0.2) is 32.1 Å². The molecule has 2 heterocycles. The van der Waals surface area contributed by atoms with Gasteiger partial charge in [-0.15, -0.1) is 0 Å². The van der Waals surface area contributed by atoms with Gasteiger partial charge < -0.3 is 10.2 Å². The Labute approximate surface area is 408 Å². The molecule has 66 heavy (non-hydrogen) atoms. The van der Waals surface area contributed by atoms with Crippen molar-refractivity contribution in [2.45, 2.75) is 207 Å². The third-order valence-corrected chi connectivity index (χ3v) is 13.2. The Kier molecular flexibility index (Phi) is 29.3. The first-order chi connectivity index (χ1) is 32.1. The van der Waals surface area contributed by atoms with E-state index in [1.54, 1.807) is 0 Å². The van der Waals surface area contributed by atoms with Crippen LogP contribution in [-0.2, 0) is 25.7 Å². The molecule has 0 atom stereocenters. The van der Waals surface area contributed by atoms with Crippen molar-refractivity contribution in [2.24, 2.45) is 0 Å². The molecule has 8 heteroatoms. The van der Waals surface area contributed by atoms with E-state index in [0.29, 0.717) is 0 Å². The molecule has 0 aliphatic carbocycles. The number of aromatic carboxylic acids is 2. The fourth-order valence-corrected chi connectivity index (χ4v) is 9.05. The van der Waals surface area contributed by atoms with Gasteiger partial charge in [0.05, 0.1) is 22.2 Å². The fourth-order valence-electron chi connectivity index (χ4n) is 8.55. The highest BCUT2D eigenvalue weighted by molar-refractivity contribution is 6.32. The number of carbonyl (C=O) groups is 2. The molecule has 362 valence electrons. The summed E-state index contributed by atoms with van der Waals surface area (Å²) in [6.07, 6.45) is 40.4. The Balaban J connectivity index is 0.000000282. The minimum atomic E-state index is -1.23. The van der Waals surface area contributed by atoms with Gasteiger partial charge in [0.1, 0.15) is 0 Å². The first-order valence-electron chi connectivity index (χ1n) is 25.8. The largest absolute Gasteiger partial charge is 0.478 e. The number of pyridine rings is 2. The van der Waals surface area contributed by atoms with Crippen molar-refractivity contribution in [3.63, 3.8) is 0 Å². The number of aromatic nitrogens is 2. The van der Waals surface area contributed by atoms with Crippen LogP contribution in [0.2, 0.25) is 10.0 Å². The molecule has 2 aromatic heterocycles. The second-order valence-electron chi connectivity index (χ2n) is 18.1. The van der Waals surface area contributed by atoms with Crippen LogP contribution in [0.4, 0.5) is 0 Å². The SMILES string of the molecule is CCCCCCCCc1cnc2c(CCCCCCCC)c(Cl)ccc2c1.CCCCCCCCc1cnc2c(CCCCCCCC)c(Cl)ccc2c1.O=C(O)c1ccccc1C(=O)O. The molecule has 0 fully saturated rings. The minimum absolute atomic E-state index is 0.190. The van der Waals surface area contributed by atoms with Gasteiger partial charge in [-0.1, -0.05) is 204 Å². The summed E-state index contributed by atoms with van der Waals surface area (Å²) in [5.74, 6) is -2.46. The van der Waals surface area contributed by atoms with Crippen molar-refractivity contribution < 1.29 is 19.8 Å². The second kappa shape index (κ2) is 34.3. The van der Waals surface area contributed by atoms with Crippen LogP contribution >= 0.6 is 23.2 Å². The predicted molar refractivity (Wildman–Crippen MR) is 282 cm³/mol. The van der Waals surface area contributed by atoms with Crippen LogP contribution in [0, 0.1) is 0 Å². The first-order valence-corrected chi connectivity index (χ1v) is 26.6. The smallest absolute Gasteiger partial charge is 0.336 e. The van der Waals surface area contributed by atoms with E-state index in [4.69, 9.17) is 43.4 Å². The number of halogens is 2. The number of benzene rings is 3. The molecule has 2 N–H and O–H groups in total. The van der Waals surface area contributed by atoms with E-state index in [1.807, 2.05) is 0 Å². The summed E-state index contributed by atoms with van der Waals surface area (Å²) in [7, 11) is 0.